The Labute approximate surface area is 161 Å². The van der Waals surface area contributed by atoms with Crippen molar-refractivity contribution in [1.29, 1.82) is 0 Å². The van der Waals surface area contributed by atoms with Gasteiger partial charge in [0.15, 0.2) is 0 Å². The second-order valence-electron chi connectivity index (χ2n) is 6.39. The van der Waals surface area contributed by atoms with E-state index in [1.807, 2.05) is 32.0 Å². The molecule has 0 atom stereocenters. The lowest BCUT2D eigenvalue weighted by molar-refractivity contribution is -0.131. The first-order chi connectivity index (χ1) is 12.2. The predicted molar refractivity (Wildman–Crippen MR) is 108 cm³/mol. The van der Waals surface area contributed by atoms with E-state index in [0.717, 1.165) is 22.0 Å². The largest absolute Gasteiger partial charge is 0.395 e. The molecule has 2 aromatic rings. The molecule has 0 saturated heterocycles. The molecule has 0 bridgehead atoms. The Hall–Kier alpha value is -2.18. The number of rotatable bonds is 7. The summed E-state index contributed by atoms with van der Waals surface area (Å²) in [5.74, 6) is -0.218. The van der Waals surface area contributed by atoms with Crippen molar-refractivity contribution in [2.75, 3.05) is 13.2 Å². The molecular formula is C20H23BrN2O3. The number of nitrogens with one attached hydrogen (secondary N) is 1. The summed E-state index contributed by atoms with van der Waals surface area (Å²) in [4.78, 5) is 29.3. The van der Waals surface area contributed by atoms with Crippen LogP contribution in [0.5, 0.6) is 0 Å². The van der Waals surface area contributed by atoms with Gasteiger partial charge in [0.25, 0.3) is 5.56 Å². The van der Waals surface area contributed by atoms with Crippen LogP contribution in [0, 0.1) is 13.8 Å². The van der Waals surface area contributed by atoms with Crippen LogP contribution in [-0.4, -0.2) is 34.0 Å². The molecule has 1 aromatic heterocycles. The number of aromatic amines is 1. The number of carbonyl (C=O) groups excluding carboxylic acids is 1. The van der Waals surface area contributed by atoms with Gasteiger partial charge in [0, 0.05) is 16.6 Å². The zero-order valence-corrected chi connectivity index (χ0v) is 16.6. The van der Waals surface area contributed by atoms with Crippen LogP contribution in [0.3, 0.4) is 0 Å². The number of hydrogen-bond donors (Lipinski definition) is 2. The first kappa shape index (κ1) is 20.1. The first-order valence-electron chi connectivity index (χ1n) is 8.27. The Morgan fingerprint density at radius 3 is 2.58 bits per heavy atom. The fraction of sp³-hybridized carbons (Fsp3) is 0.300. The number of fused-ring (bicyclic) bond motifs is 1. The highest BCUT2D eigenvalue weighted by atomic mass is 79.9. The van der Waals surface area contributed by atoms with Gasteiger partial charge < -0.3 is 15.0 Å². The monoisotopic (exact) mass is 418 g/mol. The summed E-state index contributed by atoms with van der Waals surface area (Å²) in [7, 11) is 0. The highest BCUT2D eigenvalue weighted by Gasteiger charge is 2.17. The molecule has 6 heteroatoms. The van der Waals surface area contributed by atoms with Crippen molar-refractivity contribution in [3.8, 4) is 0 Å². The van der Waals surface area contributed by atoms with E-state index in [9.17, 15) is 14.7 Å². The molecule has 0 saturated carbocycles. The number of benzene rings is 1. The zero-order valence-electron chi connectivity index (χ0n) is 15.1. The number of nitrogens with zero attached hydrogens (tertiary/aromatic N) is 1. The number of allylic oxidation sites excluding steroid dienone is 1. The lowest BCUT2D eigenvalue weighted by atomic mass is 10.0. The van der Waals surface area contributed by atoms with E-state index < -0.39 is 0 Å². The van der Waals surface area contributed by atoms with Gasteiger partial charge in [-0.2, -0.15) is 0 Å². The van der Waals surface area contributed by atoms with Crippen molar-refractivity contribution >= 4 is 32.7 Å². The topological polar surface area (TPSA) is 73.4 Å². The van der Waals surface area contributed by atoms with Gasteiger partial charge >= 0.3 is 0 Å². The minimum absolute atomic E-state index is 0.0772. The minimum Gasteiger partial charge on any atom is -0.395 e. The van der Waals surface area contributed by atoms with E-state index in [4.69, 9.17) is 0 Å². The Balaban J connectivity index is 2.34. The van der Waals surface area contributed by atoms with Crippen LogP contribution in [0.1, 0.15) is 23.1 Å². The summed E-state index contributed by atoms with van der Waals surface area (Å²) in [6, 6.07) is 5.82. The summed E-state index contributed by atoms with van der Waals surface area (Å²) in [5.41, 5.74) is 3.71. The van der Waals surface area contributed by atoms with Crippen molar-refractivity contribution in [3.05, 3.63) is 68.5 Å². The van der Waals surface area contributed by atoms with Crippen LogP contribution < -0.4 is 5.56 Å². The van der Waals surface area contributed by atoms with Crippen LogP contribution in [0.2, 0.25) is 0 Å². The van der Waals surface area contributed by atoms with Gasteiger partial charge in [-0.3, -0.25) is 9.59 Å². The quantitative estimate of drug-likeness (QED) is 0.677. The summed E-state index contributed by atoms with van der Waals surface area (Å²) < 4.78 is 0.560. The fourth-order valence-electron chi connectivity index (χ4n) is 2.86. The summed E-state index contributed by atoms with van der Waals surface area (Å²) >= 11 is 3.21. The maximum Gasteiger partial charge on any atom is 0.253 e. The molecule has 2 N–H and O–H groups in total. The van der Waals surface area contributed by atoms with Gasteiger partial charge in [0.1, 0.15) is 0 Å². The smallest absolute Gasteiger partial charge is 0.253 e. The number of pyridine rings is 1. The lowest BCUT2D eigenvalue weighted by Crippen LogP contribution is -2.35. The third-order valence-electron chi connectivity index (χ3n) is 4.20. The van der Waals surface area contributed by atoms with Gasteiger partial charge in [-0.05, 0) is 42.5 Å². The molecule has 0 unspecified atom stereocenters. The molecule has 26 heavy (non-hydrogen) atoms. The highest BCUT2D eigenvalue weighted by molar-refractivity contribution is 9.11. The average molecular weight is 419 g/mol. The Kier molecular flexibility index (Phi) is 6.56. The molecular weight excluding hydrogens is 396 g/mol. The van der Waals surface area contributed by atoms with Gasteiger partial charge in [-0.1, -0.05) is 40.7 Å². The van der Waals surface area contributed by atoms with Crippen LogP contribution in [0.15, 0.2) is 46.2 Å². The zero-order chi connectivity index (χ0) is 19.4. The number of aliphatic hydroxyl groups is 1. The fourth-order valence-corrected chi connectivity index (χ4v) is 3.00. The van der Waals surface area contributed by atoms with Crippen molar-refractivity contribution in [2.24, 2.45) is 0 Å². The number of amides is 1. The molecule has 1 heterocycles. The molecule has 138 valence electrons. The molecule has 0 fully saturated rings. The van der Waals surface area contributed by atoms with E-state index >= 15 is 0 Å². The van der Waals surface area contributed by atoms with Crippen LogP contribution in [0.4, 0.5) is 0 Å². The summed E-state index contributed by atoms with van der Waals surface area (Å²) in [6.07, 6.45) is 0.0772. The van der Waals surface area contributed by atoms with Gasteiger partial charge in [-0.15, -0.1) is 0 Å². The van der Waals surface area contributed by atoms with E-state index in [1.54, 1.807) is 0 Å². The molecule has 0 aliphatic carbocycles. The number of aromatic nitrogens is 1. The van der Waals surface area contributed by atoms with Crippen molar-refractivity contribution in [2.45, 2.75) is 26.8 Å². The van der Waals surface area contributed by atoms with Gasteiger partial charge in [0.2, 0.25) is 5.91 Å². The summed E-state index contributed by atoms with van der Waals surface area (Å²) in [6.45, 7) is 11.5. The number of hydrogen-bond acceptors (Lipinski definition) is 3. The molecule has 1 aromatic carbocycles. The Bertz CT molecular complexity index is 931. The standard InChI is InChI=1S/C20H23BrN2O3/c1-12-7-14(3)19-16(8-12)10-17(20(26)22-19)11-23(5-6-24)18(25)9-13(2)15(4)21/h7-8,10,24H,2,4-6,9,11H2,1,3H3,(H,22,26). The van der Waals surface area contributed by atoms with Crippen LogP contribution in [0.25, 0.3) is 10.9 Å². The SMILES string of the molecule is C=C(Br)C(=C)CC(=O)N(CCO)Cc1cc2cc(C)cc(C)c2[nH]c1=O. The van der Waals surface area contributed by atoms with Gasteiger partial charge in [0.05, 0.1) is 25.1 Å². The van der Waals surface area contributed by atoms with E-state index in [2.05, 4.69) is 34.1 Å². The maximum absolute atomic E-state index is 12.5. The molecule has 5 nitrogen and oxygen atoms in total. The van der Waals surface area contributed by atoms with Crippen molar-refractivity contribution in [3.63, 3.8) is 0 Å². The van der Waals surface area contributed by atoms with Crippen LogP contribution in [-0.2, 0) is 11.3 Å². The summed E-state index contributed by atoms with van der Waals surface area (Å²) in [5, 5.41) is 10.2. The first-order valence-corrected chi connectivity index (χ1v) is 9.06. The lowest BCUT2D eigenvalue weighted by Gasteiger charge is -2.22. The van der Waals surface area contributed by atoms with Crippen molar-refractivity contribution < 1.29 is 9.90 Å². The van der Waals surface area contributed by atoms with E-state index in [1.165, 1.54) is 4.90 Å². The molecule has 1 amide bonds. The number of H-pyrrole nitrogens is 1. The third kappa shape index (κ3) is 4.71. The average Bonchev–Trinajstić information content (AvgIpc) is 2.55. The number of aryl methyl sites for hydroxylation is 2. The molecule has 0 radical (unpaired) electrons. The second-order valence-corrected chi connectivity index (χ2v) is 7.35. The predicted octanol–water partition coefficient (Wildman–Crippen LogP) is 3.32. The molecule has 0 spiro atoms. The number of carbonyl (C=O) groups is 1. The van der Waals surface area contributed by atoms with E-state index in [0.29, 0.717) is 15.6 Å². The van der Waals surface area contributed by atoms with Crippen LogP contribution >= 0.6 is 15.9 Å². The Morgan fingerprint density at radius 1 is 1.27 bits per heavy atom. The third-order valence-corrected chi connectivity index (χ3v) is 4.76. The van der Waals surface area contributed by atoms with Crippen molar-refractivity contribution in [1.82, 2.24) is 9.88 Å². The molecule has 2 rings (SSSR count). The molecule has 0 aliphatic heterocycles. The Morgan fingerprint density at radius 2 is 1.96 bits per heavy atom. The molecule has 0 aliphatic rings. The highest BCUT2D eigenvalue weighted by Crippen LogP contribution is 2.20. The normalized spacial score (nSPS) is 10.8. The number of aliphatic hydroxyl groups excluding tert-OH is 1. The van der Waals surface area contributed by atoms with E-state index in [-0.39, 0.29) is 37.6 Å². The van der Waals surface area contributed by atoms with Gasteiger partial charge in [-0.25, -0.2) is 0 Å². The number of halogens is 1. The second kappa shape index (κ2) is 8.47. The minimum atomic E-state index is -0.232. The maximum atomic E-state index is 12.5.